The molecule has 0 saturated carbocycles. The van der Waals surface area contributed by atoms with Gasteiger partial charge in [-0.1, -0.05) is 29.8 Å². The van der Waals surface area contributed by atoms with Crippen molar-refractivity contribution in [3.63, 3.8) is 0 Å². The van der Waals surface area contributed by atoms with Crippen molar-refractivity contribution in [3.8, 4) is 0 Å². The van der Waals surface area contributed by atoms with Crippen LogP contribution in [0.3, 0.4) is 0 Å². The lowest BCUT2D eigenvalue weighted by Gasteiger charge is -2.17. The molecule has 0 unspecified atom stereocenters. The molecule has 1 aromatic heterocycles. The number of nitrogens with zero attached hydrogens (tertiary/aromatic N) is 1. The van der Waals surface area contributed by atoms with Crippen LogP contribution in [0.5, 0.6) is 0 Å². The van der Waals surface area contributed by atoms with Crippen molar-refractivity contribution in [2.45, 2.75) is 12.8 Å². The molecule has 102 valence electrons. The largest absolute Gasteiger partial charge is 0.309 e. The molecule has 1 aliphatic rings. The summed E-state index contributed by atoms with van der Waals surface area (Å²) in [7, 11) is 1.76. The molecule has 2 nitrogen and oxygen atoms in total. The highest BCUT2D eigenvalue weighted by molar-refractivity contribution is 7.15. The Bertz CT molecular complexity index is 690. The molecule has 1 aromatic carbocycles. The summed E-state index contributed by atoms with van der Waals surface area (Å²) in [5.74, 6) is -0.00843. The molecule has 0 spiro atoms. The second-order valence-corrected chi connectivity index (χ2v) is 6.25. The van der Waals surface area contributed by atoms with E-state index in [1.807, 2.05) is 24.3 Å². The van der Waals surface area contributed by atoms with Gasteiger partial charge in [-0.2, -0.15) is 0 Å². The van der Waals surface area contributed by atoms with Crippen molar-refractivity contribution in [1.82, 2.24) is 0 Å². The predicted molar refractivity (Wildman–Crippen MR) is 85.9 cm³/mol. The quantitative estimate of drug-likeness (QED) is 0.791. The Kier molecular flexibility index (Phi) is 3.64. The number of aryl methyl sites for hydroxylation is 1. The number of allylic oxidation sites excluding steroid dienone is 1. The predicted octanol–water partition coefficient (Wildman–Crippen LogP) is 4.64. The highest BCUT2D eigenvalue weighted by Gasteiger charge is 2.20. The first kappa shape index (κ1) is 13.4. The first-order chi connectivity index (χ1) is 9.66. The summed E-state index contributed by atoms with van der Waals surface area (Å²) in [5.41, 5.74) is 2.01. The fourth-order valence-corrected chi connectivity index (χ4v) is 3.69. The Labute approximate surface area is 127 Å². The van der Waals surface area contributed by atoms with Gasteiger partial charge in [-0.15, -0.1) is 11.3 Å². The van der Waals surface area contributed by atoms with Gasteiger partial charge in [-0.05, 0) is 42.7 Å². The van der Waals surface area contributed by atoms with Crippen LogP contribution < -0.4 is 4.90 Å². The van der Waals surface area contributed by atoms with E-state index >= 15 is 0 Å². The third-order valence-electron chi connectivity index (χ3n) is 3.42. The highest BCUT2D eigenvalue weighted by atomic mass is 35.5. The van der Waals surface area contributed by atoms with Gasteiger partial charge in [0, 0.05) is 11.9 Å². The maximum Gasteiger partial charge on any atom is 0.268 e. The number of fused-ring (bicyclic) bond motifs is 1. The molecule has 0 N–H and O–H groups in total. The van der Waals surface area contributed by atoms with Crippen LogP contribution in [0, 0.1) is 0 Å². The van der Waals surface area contributed by atoms with Crippen LogP contribution >= 0.6 is 22.9 Å². The third-order valence-corrected chi connectivity index (χ3v) is 4.87. The Morgan fingerprint density at radius 1 is 1.35 bits per heavy atom. The smallest absolute Gasteiger partial charge is 0.268 e. The highest BCUT2D eigenvalue weighted by Crippen LogP contribution is 2.31. The molecule has 0 fully saturated rings. The first-order valence-electron chi connectivity index (χ1n) is 6.48. The van der Waals surface area contributed by atoms with Gasteiger partial charge in [0.1, 0.15) is 0 Å². The number of halogens is 1. The van der Waals surface area contributed by atoms with E-state index in [9.17, 15) is 4.79 Å². The molecule has 1 heterocycles. The van der Waals surface area contributed by atoms with Crippen LogP contribution in [0.15, 0.2) is 36.4 Å². The Hall–Kier alpha value is -1.58. The molecule has 0 radical (unpaired) electrons. The summed E-state index contributed by atoms with van der Waals surface area (Å²) in [6, 6.07) is 9.40. The van der Waals surface area contributed by atoms with Crippen molar-refractivity contribution < 1.29 is 4.79 Å². The monoisotopic (exact) mass is 303 g/mol. The van der Waals surface area contributed by atoms with Crippen LogP contribution in [-0.2, 0) is 6.42 Å². The van der Waals surface area contributed by atoms with Gasteiger partial charge >= 0.3 is 0 Å². The number of anilines is 1. The van der Waals surface area contributed by atoms with Gasteiger partial charge in [-0.3, -0.25) is 4.79 Å². The molecular formula is C16H14ClNOS. The summed E-state index contributed by atoms with van der Waals surface area (Å²) in [4.78, 5) is 16.2. The molecule has 4 heteroatoms. The molecule has 0 saturated heterocycles. The number of carbonyl (C=O) groups is 1. The topological polar surface area (TPSA) is 20.3 Å². The fraction of sp³-hybridized carbons (Fsp3) is 0.188. The van der Waals surface area contributed by atoms with Crippen molar-refractivity contribution >= 4 is 40.6 Å². The van der Waals surface area contributed by atoms with Crippen LogP contribution in [0.1, 0.15) is 26.5 Å². The lowest BCUT2D eigenvalue weighted by atomic mass is 10.1. The van der Waals surface area contributed by atoms with Gasteiger partial charge in [-0.25, -0.2) is 0 Å². The summed E-state index contributed by atoms with van der Waals surface area (Å²) in [5, 5.41) is 0.588. The lowest BCUT2D eigenvalue weighted by molar-refractivity contribution is 0.0997. The van der Waals surface area contributed by atoms with Gasteiger partial charge < -0.3 is 4.90 Å². The maximum absolute atomic E-state index is 12.6. The second kappa shape index (κ2) is 5.43. The van der Waals surface area contributed by atoms with E-state index in [1.54, 1.807) is 29.4 Å². The molecular weight excluding hydrogens is 290 g/mol. The number of carbonyl (C=O) groups excluding carboxylic acids is 1. The molecule has 20 heavy (non-hydrogen) atoms. The average molecular weight is 304 g/mol. The molecule has 3 rings (SSSR count). The summed E-state index contributed by atoms with van der Waals surface area (Å²) < 4.78 is 0. The number of benzene rings is 1. The maximum atomic E-state index is 12.6. The Morgan fingerprint density at radius 2 is 2.15 bits per heavy atom. The van der Waals surface area contributed by atoms with Gasteiger partial charge in [0.15, 0.2) is 0 Å². The van der Waals surface area contributed by atoms with Gasteiger partial charge in [0.2, 0.25) is 0 Å². The van der Waals surface area contributed by atoms with Crippen LogP contribution in [0.4, 0.5) is 5.69 Å². The van der Waals surface area contributed by atoms with Crippen molar-refractivity contribution in [1.29, 1.82) is 0 Å². The Morgan fingerprint density at radius 3 is 2.90 bits per heavy atom. The van der Waals surface area contributed by atoms with E-state index < -0.39 is 0 Å². The summed E-state index contributed by atoms with van der Waals surface area (Å²) >= 11 is 7.70. The zero-order valence-corrected chi connectivity index (χ0v) is 12.7. The Balaban J connectivity index is 1.91. The number of rotatable bonds is 2. The van der Waals surface area contributed by atoms with E-state index in [2.05, 4.69) is 12.2 Å². The normalized spacial score (nSPS) is 13.1. The minimum Gasteiger partial charge on any atom is -0.309 e. The molecule has 2 aromatic rings. The van der Waals surface area contributed by atoms with Crippen molar-refractivity contribution in [2.24, 2.45) is 0 Å². The molecule has 1 aliphatic carbocycles. The zero-order chi connectivity index (χ0) is 14.1. The fourth-order valence-electron chi connectivity index (χ4n) is 2.31. The molecule has 0 aliphatic heterocycles. The van der Waals surface area contributed by atoms with E-state index in [4.69, 9.17) is 11.6 Å². The van der Waals surface area contributed by atoms with Gasteiger partial charge in [0.25, 0.3) is 5.91 Å². The molecule has 0 bridgehead atoms. The number of hydrogen-bond acceptors (Lipinski definition) is 2. The lowest BCUT2D eigenvalue weighted by Crippen LogP contribution is -2.25. The molecule has 0 atom stereocenters. The van der Waals surface area contributed by atoms with E-state index in [0.717, 1.165) is 23.4 Å². The number of amides is 1. The second-order valence-electron chi connectivity index (χ2n) is 4.76. The molecule has 1 amide bonds. The number of thiophene rings is 1. The van der Waals surface area contributed by atoms with E-state index in [0.29, 0.717) is 5.02 Å². The summed E-state index contributed by atoms with van der Waals surface area (Å²) in [6.07, 6.45) is 6.34. The SMILES string of the molecule is CN(C(=O)c1cc2c(s1)C=CCC2)c1ccccc1Cl. The first-order valence-corrected chi connectivity index (χ1v) is 7.68. The zero-order valence-electron chi connectivity index (χ0n) is 11.1. The minimum atomic E-state index is -0.00843. The summed E-state index contributed by atoms with van der Waals surface area (Å²) in [6.45, 7) is 0. The third kappa shape index (κ3) is 2.39. The van der Waals surface area contributed by atoms with Crippen LogP contribution in [0.2, 0.25) is 5.02 Å². The van der Waals surface area contributed by atoms with Gasteiger partial charge in [0.05, 0.1) is 15.6 Å². The van der Waals surface area contributed by atoms with Crippen LogP contribution in [-0.4, -0.2) is 13.0 Å². The average Bonchev–Trinajstić information content (AvgIpc) is 2.90. The number of para-hydroxylation sites is 1. The van der Waals surface area contributed by atoms with Crippen molar-refractivity contribution in [2.75, 3.05) is 11.9 Å². The number of hydrogen-bond donors (Lipinski definition) is 0. The minimum absolute atomic E-state index is 0.00843. The van der Waals surface area contributed by atoms with Crippen LogP contribution in [0.25, 0.3) is 6.08 Å². The van der Waals surface area contributed by atoms with E-state index in [-0.39, 0.29) is 5.91 Å². The standard InChI is InChI=1S/C16H14ClNOS/c1-18(13-8-4-3-7-12(13)17)16(19)15-10-11-6-2-5-9-14(11)20-15/h3-5,7-10H,2,6H2,1H3. The van der Waals surface area contributed by atoms with Crippen molar-refractivity contribution in [3.05, 3.63) is 56.7 Å². The van der Waals surface area contributed by atoms with E-state index in [1.165, 1.54) is 10.4 Å².